The molecule has 1 aliphatic carbocycles. The van der Waals surface area contributed by atoms with Gasteiger partial charge in [0.15, 0.2) is 5.78 Å². The molecule has 1 fully saturated rings. The second-order valence-corrected chi connectivity index (χ2v) is 8.33. The van der Waals surface area contributed by atoms with Gasteiger partial charge in [-0.3, -0.25) is 4.79 Å². The van der Waals surface area contributed by atoms with Gasteiger partial charge in [-0.05, 0) is 25.0 Å². The van der Waals surface area contributed by atoms with E-state index in [4.69, 9.17) is 11.6 Å². The van der Waals surface area contributed by atoms with E-state index in [0.717, 1.165) is 25.0 Å². The van der Waals surface area contributed by atoms with Gasteiger partial charge in [0.05, 0.1) is 5.02 Å². The number of sulfonamides is 1. The van der Waals surface area contributed by atoms with E-state index >= 15 is 0 Å². The number of hydrogen-bond donors (Lipinski definition) is 1. The van der Waals surface area contributed by atoms with E-state index in [1.807, 2.05) is 0 Å². The molecule has 1 aromatic carbocycles. The number of carbonyl (C=O) groups excluding carboxylic acids is 1. The average molecular weight is 334 g/mol. The van der Waals surface area contributed by atoms with E-state index in [2.05, 4.69) is 4.72 Å². The first-order valence-corrected chi connectivity index (χ1v) is 8.44. The SMILES string of the molecule is CC(C)(C)C(=O)c1cc(S(=O)(=O)NC2CC2)c(F)cc1Cl. The second kappa shape index (κ2) is 5.34. The minimum absolute atomic E-state index is 0.0155. The predicted octanol–water partition coefficient (Wildman–Crippen LogP) is 3.15. The van der Waals surface area contributed by atoms with Crippen molar-refractivity contribution >= 4 is 27.4 Å². The number of Topliss-reactive ketones (excluding diaryl/α,β-unsaturated/α-hetero) is 1. The van der Waals surface area contributed by atoms with Gasteiger partial charge >= 0.3 is 0 Å². The molecule has 0 radical (unpaired) electrons. The molecule has 2 rings (SSSR count). The van der Waals surface area contributed by atoms with Crippen molar-refractivity contribution in [3.05, 3.63) is 28.5 Å². The lowest BCUT2D eigenvalue weighted by atomic mass is 9.86. The molecule has 0 atom stereocenters. The maximum atomic E-state index is 13.9. The fourth-order valence-electron chi connectivity index (χ4n) is 1.80. The Morgan fingerprint density at radius 2 is 1.90 bits per heavy atom. The van der Waals surface area contributed by atoms with Gasteiger partial charge < -0.3 is 0 Å². The van der Waals surface area contributed by atoms with Gasteiger partial charge in [0.2, 0.25) is 10.0 Å². The van der Waals surface area contributed by atoms with Crippen molar-refractivity contribution in [2.45, 2.75) is 44.6 Å². The largest absolute Gasteiger partial charge is 0.294 e. The summed E-state index contributed by atoms with van der Waals surface area (Å²) in [5.41, 5.74) is -0.728. The molecule has 116 valence electrons. The van der Waals surface area contributed by atoms with Crippen LogP contribution in [0.2, 0.25) is 5.02 Å². The van der Waals surface area contributed by atoms with Gasteiger partial charge in [-0.2, -0.15) is 0 Å². The van der Waals surface area contributed by atoms with E-state index in [9.17, 15) is 17.6 Å². The fraction of sp³-hybridized carbons (Fsp3) is 0.500. The summed E-state index contributed by atoms with van der Waals surface area (Å²) in [5, 5.41) is -0.0854. The quantitative estimate of drug-likeness (QED) is 0.861. The van der Waals surface area contributed by atoms with Gasteiger partial charge in [-0.15, -0.1) is 0 Å². The smallest absolute Gasteiger partial charge is 0.243 e. The number of ketones is 1. The Morgan fingerprint density at radius 3 is 2.38 bits per heavy atom. The van der Waals surface area contributed by atoms with Crippen LogP contribution in [0.25, 0.3) is 0 Å². The zero-order chi connectivity index (χ0) is 16.0. The summed E-state index contributed by atoms with van der Waals surface area (Å²) in [4.78, 5) is 11.8. The molecule has 0 spiro atoms. The van der Waals surface area contributed by atoms with Gasteiger partial charge in [-0.1, -0.05) is 32.4 Å². The highest BCUT2D eigenvalue weighted by Crippen LogP contribution is 2.31. The molecule has 21 heavy (non-hydrogen) atoms. The molecule has 0 heterocycles. The van der Waals surface area contributed by atoms with Crippen LogP contribution >= 0.6 is 11.6 Å². The first kappa shape index (κ1) is 16.4. The third-order valence-electron chi connectivity index (χ3n) is 3.14. The number of nitrogens with one attached hydrogen (secondary N) is 1. The van der Waals surface area contributed by atoms with Crippen LogP contribution < -0.4 is 4.72 Å². The van der Waals surface area contributed by atoms with Crippen LogP contribution in [0.3, 0.4) is 0 Å². The highest BCUT2D eigenvalue weighted by molar-refractivity contribution is 7.89. The van der Waals surface area contributed by atoms with Crippen LogP contribution in [0, 0.1) is 11.2 Å². The van der Waals surface area contributed by atoms with E-state index in [1.165, 1.54) is 0 Å². The number of halogens is 2. The predicted molar refractivity (Wildman–Crippen MR) is 78.5 cm³/mol. The fourth-order valence-corrected chi connectivity index (χ4v) is 3.42. The van der Waals surface area contributed by atoms with Crippen LogP contribution in [-0.2, 0) is 10.0 Å². The zero-order valence-corrected chi connectivity index (χ0v) is 13.6. The first-order valence-electron chi connectivity index (χ1n) is 6.58. The summed E-state index contributed by atoms with van der Waals surface area (Å²) >= 11 is 5.89. The van der Waals surface area contributed by atoms with Crippen molar-refractivity contribution < 1.29 is 17.6 Å². The number of benzene rings is 1. The molecule has 0 aliphatic heterocycles. The molecule has 0 bridgehead atoms. The zero-order valence-electron chi connectivity index (χ0n) is 12.0. The third kappa shape index (κ3) is 3.62. The summed E-state index contributed by atoms with van der Waals surface area (Å²) in [6.45, 7) is 5.06. The normalized spacial score (nSPS) is 16.0. The average Bonchev–Trinajstić information content (AvgIpc) is 3.09. The van der Waals surface area contributed by atoms with Crippen LogP contribution in [0.5, 0.6) is 0 Å². The maximum absolute atomic E-state index is 13.9. The minimum atomic E-state index is -3.98. The third-order valence-corrected chi connectivity index (χ3v) is 4.98. The molecule has 0 aromatic heterocycles. The summed E-state index contributed by atoms with van der Waals surface area (Å²) in [6, 6.07) is 1.75. The molecule has 0 unspecified atom stereocenters. The van der Waals surface area contributed by atoms with Crippen molar-refractivity contribution in [2.24, 2.45) is 5.41 Å². The molecular weight excluding hydrogens is 317 g/mol. The van der Waals surface area contributed by atoms with Crippen molar-refractivity contribution in [1.82, 2.24) is 4.72 Å². The summed E-state index contributed by atoms with van der Waals surface area (Å²) < 4.78 is 40.6. The highest BCUT2D eigenvalue weighted by atomic mass is 35.5. The summed E-state index contributed by atoms with van der Waals surface area (Å²) in [7, 11) is -3.98. The monoisotopic (exact) mass is 333 g/mol. The Bertz CT molecular complexity index is 691. The number of carbonyl (C=O) groups is 1. The molecule has 1 N–H and O–H groups in total. The van der Waals surface area contributed by atoms with Crippen LogP contribution in [-0.4, -0.2) is 20.2 Å². The minimum Gasteiger partial charge on any atom is -0.294 e. The lowest BCUT2D eigenvalue weighted by Crippen LogP contribution is -2.27. The van der Waals surface area contributed by atoms with Crippen molar-refractivity contribution in [1.29, 1.82) is 0 Å². The van der Waals surface area contributed by atoms with E-state index < -0.39 is 26.2 Å². The van der Waals surface area contributed by atoms with E-state index in [0.29, 0.717) is 0 Å². The highest BCUT2D eigenvalue weighted by Gasteiger charge is 2.32. The molecule has 1 aliphatic rings. The lowest BCUT2D eigenvalue weighted by Gasteiger charge is -2.18. The number of rotatable bonds is 4. The first-order chi connectivity index (χ1) is 9.52. The molecule has 0 amide bonds. The van der Waals surface area contributed by atoms with Gasteiger partial charge in [-0.25, -0.2) is 17.5 Å². The molecule has 7 heteroatoms. The standard InChI is InChI=1S/C14H17ClFNO3S/c1-14(2,3)13(18)9-6-12(11(16)7-10(9)15)21(19,20)17-8-4-5-8/h6-8,17H,4-5H2,1-3H3. The van der Waals surface area contributed by atoms with Crippen molar-refractivity contribution in [2.75, 3.05) is 0 Å². The molecular formula is C14H17ClFNO3S. The molecule has 4 nitrogen and oxygen atoms in total. The Hall–Kier alpha value is -0.980. The molecule has 1 aromatic rings. The van der Waals surface area contributed by atoms with Crippen molar-refractivity contribution in [3.8, 4) is 0 Å². The topological polar surface area (TPSA) is 63.2 Å². The summed E-state index contributed by atoms with van der Waals surface area (Å²) in [5.74, 6) is -1.30. The maximum Gasteiger partial charge on any atom is 0.243 e. The van der Waals surface area contributed by atoms with Crippen LogP contribution in [0.15, 0.2) is 17.0 Å². The van der Waals surface area contributed by atoms with Gasteiger partial charge in [0.25, 0.3) is 0 Å². The van der Waals surface area contributed by atoms with Gasteiger partial charge in [0, 0.05) is 17.0 Å². The van der Waals surface area contributed by atoms with Gasteiger partial charge in [0.1, 0.15) is 10.7 Å². The van der Waals surface area contributed by atoms with E-state index in [1.54, 1.807) is 20.8 Å². The second-order valence-electron chi connectivity index (χ2n) is 6.24. The Kier molecular flexibility index (Phi) is 4.17. The number of hydrogen-bond acceptors (Lipinski definition) is 3. The van der Waals surface area contributed by atoms with Crippen molar-refractivity contribution in [3.63, 3.8) is 0 Å². The van der Waals surface area contributed by atoms with Crippen LogP contribution in [0.4, 0.5) is 4.39 Å². The Balaban J connectivity index is 2.50. The molecule has 1 saturated carbocycles. The summed E-state index contributed by atoms with van der Waals surface area (Å²) in [6.07, 6.45) is 1.48. The Morgan fingerprint density at radius 1 is 1.33 bits per heavy atom. The molecule has 0 saturated heterocycles. The van der Waals surface area contributed by atoms with E-state index in [-0.39, 0.29) is 22.4 Å². The lowest BCUT2D eigenvalue weighted by molar-refractivity contribution is 0.0858. The van der Waals surface area contributed by atoms with Crippen LogP contribution in [0.1, 0.15) is 44.0 Å². The Labute approximate surface area is 128 Å².